The lowest BCUT2D eigenvalue weighted by molar-refractivity contribution is 0.0963. The Bertz CT molecular complexity index is 438. The number of rotatable bonds is 3. The molecule has 1 aromatic carbocycles. The normalized spacial score (nSPS) is 12.3. The van der Waals surface area contributed by atoms with E-state index < -0.39 is 0 Å². The van der Waals surface area contributed by atoms with E-state index >= 15 is 0 Å². The number of nitrogens with one attached hydrogen (secondary N) is 1. The van der Waals surface area contributed by atoms with Crippen LogP contribution < -0.4 is 0 Å². The molecule has 2 rings (SSSR count). The van der Waals surface area contributed by atoms with E-state index in [1.807, 2.05) is 18.2 Å². The lowest BCUT2D eigenvalue weighted by Crippen LogP contribution is -2.11. The summed E-state index contributed by atoms with van der Waals surface area (Å²) >= 11 is 0. The third kappa shape index (κ3) is 1.90. The first kappa shape index (κ1) is 9.51. The molecule has 1 atom stereocenters. The highest BCUT2D eigenvalue weighted by Crippen LogP contribution is 2.15. The molecule has 2 aromatic rings. The van der Waals surface area contributed by atoms with Crippen molar-refractivity contribution in [1.29, 1.82) is 0 Å². The Morgan fingerprint density at radius 3 is 2.67 bits per heavy atom. The Labute approximate surface area is 86.5 Å². The Hall–Kier alpha value is -2.04. The number of nitrogens with zero attached hydrogens (tertiary/aromatic N) is 3. The van der Waals surface area contributed by atoms with E-state index in [9.17, 15) is 4.79 Å². The molecule has 1 N–H and O–H groups in total. The summed E-state index contributed by atoms with van der Waals surface area (Å²) in [6.45, 7) is 1.76. The van der Waals surface area contributed by atoms with Gasteiger partial charge in [0, 0.05) is 5.56 Å². The number of carbonyl (C=O) groups excluding carboxylic acids is 1. The SMILES string of the molecule is CC(C(=O)c1ccccc1)c1nn[nH]n1. The van der Waals surface area contributed by atoms with Gasteiger partial charge in [-0.3, -0.25) is 4.79 Å². The number of hydrogen-bond donors (Lipinski definition) is 1. The summed E-state index contributed by atoms with van der Waals surface area (Å²) in [5.41, 5.74) is 0.662. The van der Waals surface area contributed by atoms with Gasteiger partial charge in [-0.15, -0.1) is 10.2 Å². The van der Waals surface area contributed by atoms with Crippen molar-refractivity contribution >= 4 is 5.78 Å². The molecule has 1 aromatic heterocycles. The van der Waals surface area contributed by atoms with Gasteiger partial charge in [0.2, 0.25) is 0 Å². The van der Waals surface area contributed by atoms with Crippen molar-refractivity contribution in [3.8, 4) is 0 Å². The van der Waals surface area contributed by atoms with Crippen LogP contribution in [-0.4, -0.2) is 26.4 Å². The molecule has 0 aliphatic carbocycles. The molecule has 0 aliphatic rings. The molecule has 5 heteroatoms. The number of H-pyrrole nitrogens is 1. The van der Waals surface area contributed by atoms with Crippen LogP contribution in [0.2, 0.25) is 0 Å². The molecule has 1 heterocycles. The van der Waals surface area contributed by atoms with Gasteiger partial charge in [0.25, 0.3) is 0 Å². The summed E-state index contributed by atoms with van der Waals surface area (Å²) < 4.78 is 0. The highest BCUT2D eigenvalue weighted by atomic mass is 16.1. The number of aromatic amines is 1. The van der Waals surface area contributed by atoms with Crippen molar-refractivity contribution in [1.82, 2.24) is 20.6 Å². The summed E-state index contributed by atoms with van der Waals surface area (Å²) in [5.74, 6) is 0.0482. The van der Waals surface area contributed by atoms with Crippen LogP contribution in [0.15, 0.2) is 30.3 Å². The van der Waals surface area contributed by atoms with Crippen LogP contribution in [0.4, 0.5) is 0 Å². The predicted molar refractivity (Wildman–Crippen MR) is 53.4 cm³/mol. The maximum absolute atomic E-state index is 11.9. The molecule has 0 spiro atoms. The molecule has 0 saturated carbocycles. The number of ketones is 1. The van der Waals surface area contributed by atoms with Gasteiger partial charge < -0.3 is 0 Å². The standard InChI is InChI=1S/C10H10N4O/c1-7(10-11-13-14-12-10)9(15)8-5-3-2-4-6-8/h2-7H,1H3,(H,11,12,13,14). The maximum Gasteiger partial charge on any atom is 0.185 e. The van der Waals surface area contributed by atoms with Crippen LogP contribution in [0.25, 0.3) is 0 Å². The van der Waals surface area contributed by atoms with Gasteiger partial charge >= 0.3 is 0 Å². The van der Waals surface area contributed by atoms with Gasteiger partial charge in [-0.05, 0) is 6.92 Å². The monoisotopic (exact) mass is 202 g/mol. The lowest BCUT2D eigenvalue weighted by atomic mass is 9.99. The third-order valence-corrected chi connectivity index (χ3v) is 2.20. The summed E-state index contributed by atoms with van der Waals surface area (Å²) in [4.78, 5) is 11.9. The second-order valence-electron chi connectivity index (χ2n) is 3.22. The Balaban J connectivity index is 2.23. The van der Waals surface area contributed by atoms with Crippen LogP contribution in [0.5, 0.6) is 0 Å². The molecule has 0 saturated heterocycles. The highest BCUT2D eigenvalue weighted by molar-refractivity contribution is 6.00. The highest BCUT2D eigenvalue weighted by Gasteiger charge is 2.20. The van der Waals surface area contributed by atoms with Crippen LogP contribution in [0.3, 0.4) is 0 Å². The Kier molecular flexibility index (Phi) is 2.53. The molecule has 0 radical (unpaired) electrons. The number of aromatic nitrogens is 4. The molecule has 0 amide bonds. The van der Waals surface area contributed by atoms with E-state index in [1.165, 1.54) is 0 Å². The minimum atomic E-state index is -0.369. The van der Waals surface area contributed by atoms with Crippen LogP contribution in [-0.2, 0) is 0 Å². The Morgan fingerprint density at radius 1 is 1.33 bits per heavy atom. The fourth-order valence-electron chi connectivity index (χ4n) is 1.32. The zero-order chi connectivity index (χ0) is 10.7. The fourth-order valence-corrected chi connectivity index (χ4v) is 1.32. The second-order valence-corrected chi connectivity index (χ2v) is 3.22. The number of carbonyl (C=O) groups is 1. The van der Waals surface area contributed by atoms with Crippen LogP contribution >= 0.6 is 0 Å². The summed E-state index contributed by atoms with van der Waals surface area (Å²) in [7, 11) is 0. The minimum absolute atomic E-state index is 0.00278. The van der Waals surface area contributed by atoms with E-state index in [0.717, 1.165) is 0 Å². The predicted octanol–water partition coefficient (Wildman–Crippen LogP) is 1.19. The van der Waals surface area contributed by atoms with Crippen molar-refractivity contribution in [2.45, 2.75) is 12.8 Å². The summed E-state index contributed by atoms with van der Waals surface area (Å²) in [5, 5.41) is 13.4. The molecular weight excluding hydrogens is 192 g/mol. The first-order valence-corrected chi connectivity index (χ1v) is 4.61. The Morgan fingerprint density at radius 2 is 2.07 bits per heavy atom. The van der Waals surface area contributed by atoms with Crippen LogP contribution in [0, 0.1) is 0 Å². The van der Waals surface area contributed by atoms with Gasteiger partial charge in [0.1, 0.15) is 0 Å². The largest absolute Gasteiger partial charge is 0.293 e. The quantitative estimate of drug-likeness (QED) is 0.759. The molecule has 0 bridgehead atoms. The van der Waals surface area contributed by atoms with Gasteiger partial charge in [0.05, 0.1) is 5.92 Å². The van der Waals surface area contributed by atoms with Crippen molar-refractivity contribution in [2.24, 2.45) is 0 Å². The topological polar surface area (TPSA) is 71.5 Å². The van der Waals surface area contributed by atoms with Crippen molar-refractivity contribution in [3.63, 3.8) is 0 Å². The molecule has 0 fully saturated rings. The van der Waals surface area contributed by atoms with E-state index in [0.29, 0.717) is 11.4 Å². The first-order chi connectivity index (χ1) is 7.29. The molecule has 15 heavy (non-hydrogen) atoms. The third-order valence-electron chi connectivity index (χ3n) is 2.20. The molecular formula is C10H10N4O. The van der Waals surface area contributed by atoms with Gasteiger partial charge in [-0.1, -0.05) is 35.5 Å². The van der Waals surface area contributed by atoms with E-state index in [4.69, 9.17) is 0 Å². The first-order valence-electron chi connectivity index (χ1n) is 4.61. The molecule has 5 nitrogen and oxygen atoms in total. The van der Waals surface area contributed by atoms with Crippen molar-refractivity contribution in [3.05, 3.63) is 41.7 Å². The lowest BCUT2D eigenvalue weighted by Gasteiger charge is -2.04. The van der Waals surface area contributed by atoms with E-state index in [-0.39, 0.29) is 11.7 Å². The zero-order valence-corrected chi connectivity index (χ0v) is 8.21. The molecule has 76 valence electrons. The number of Topliss-reactive ketones (excluding diaryl/α,β-unsaturated/α-hetero) is 1. The maximum atomic E-state index is 11.9. The second kappa shape index (κ2) is 4.00. The fraction of sp³-hybridized carbons (Fsp3) is 0.200. The van der Waals surface area contributed by atoms with Gasteiger partial charge in [0.15, 0.2) is 11.6 Å². The van der Waals surface area contributed by atoms with Crippen LogP contribution in [0.1, 0.15) is 29.0 Å². The van der Waals surface area contributed by atoms with Crippen molar-refractivity contribution in [2.75, 3.05) is 0 Å². The zero-order valence-electron chi connectivity index (χ0n) is 8.21. The number of tetrazole rings is 1. The van der Waals surface area contributed by atoms with Gasteiger partial charge in [-0.25, -0.2) is 0 Å². The van der Waals surface area contributed by atoms with Crippen molar-refractivity contribution < 1.29 is 4.79 Å². The average molecular weight is 202 g/mol. The summed E-state index contributed by atoms with van der Waals surface area (Å²) in [6.07, 6.45) is 0. The number of hydrogen-bond acceptors (Lipinski definition) is 4. The molecule has 1 unspecified atom stereocenters. The van der Waals surface area contributed by atoms with E-state index in [1.54, 1.807) is 19.1 Å². The summed E-state index contributed by atoms with van der Waals surface area (Å²) in [6, 6.07) is 9.08. The van der Waals surface area contributed by atoms with Gasteiger partial charge in [-0.2, -0.15) is 5.21 Å². The number of benzene rings is 1. The molecule has 0 aliphatic heterocycles. The smallest absolute Gasteiger partial charge is 0.185 e. The average Bonchev–Trinajstić information content (AvgIpc) is 2.82. The minimum Gasteiger partial charge on any atom is -0.293 e. The van der Waals surface area contributed by atoms with E-state index in [2.05, 4.69) is 20.6 Å².